The van der Waals surface area contributed by atoms with Crippen LogP contribution in [0.1, 0.15) is 28.5 Å². The van der Waals surface area contributed by atoms with Gasteiger partial charge in [-0.3, -0.25) is 4.79 Å². The van der Waals surface area contributed by atoms with Crippen LogP contribution in [0.15, 0.2) is 29.0 Å². The fourth-order valence-electron chi connectivity index (χ4n) is 2.02. The molecular formula is C14H13N5O2. The maximum absolute atomic E-state index is 11.3. The molecule has 0 radical (unpaired) electrons. The van der Waals surface area contributed by atoms with Gasteiger partial charge in [-0.25, -0.2) is 14.6 Å². The van der Waals surface area contributed by atoms with E-state index in [1.165, 1.54) is 13.1 Å². The first kappa shape index (κ1) is 13.2. The van der Waals surface area contributed by atoms with E-state index in [-0.39, 0.29) is 5.78 Å². The van der Waals surface area contributed by atoms with E-state index in [0.717, 1.165) is 11.1 Å². The Kier molecular flexibility index (Phi) is 3.31. The Bertz CT molecular complexity index is 812. The van der Waals surface area contributed by atoms with Gasteiger partial charge < -0.3 is 5.32 Å². The van der Waals surface area contributed by atoms with Crippen molar-refractivity contribution in [2.75, 3.05) is 5.32 Å². The lowest BCUT2D eigenvalue weighted by Crippen LogP contribution is -2.07. The van der Waals surface area contributed by atoms with Crippen LogP contribution < -0.4 is 5.32 Å². The molecule has 0 atom stereocenters. The van der Waals surface area contributed by atoms with Crippen molar-refractivity contribution in [3.8, 4) is 0 Å². The molecule has 0 aliphatic heterocycles. The number of ketones is 1. The van der Waals surface area contributed by atoms with Crippen molar-refractivity contribution in [1.29, 1.82) is 0 Å². The van der Waals surface area contributed by atoms with Crippen LogP contribution in [0.5, 0.6) is 0 Å². The number of nitrogens with zero attached hydrogens (tertiary/aromatic N) is 4. The van der Waals surface area contributed by atoms with Crippen LogP contribution in [0.2, 0.25) is 0 Å². The molecule has 2 aromatic heterocycles. The van der Waals surface area contributed by atoms with Gasteiger partial charge in [0.05, 0.1) is 11.3 Å². The quantitative estimate of drug-likeness (QED) is 0.733. The van der Waals surface area contributed by atoms with Gasteiger partial charge in [0, 0.05) is 12.7 Å². The molecule has 2 heterocycles. The number of rotatable bonds is 4. The first-order chi connectivity index (χ1) is 10.1. The summed E-state index contributed by atoms with van der Waals surface area (Å²) < 4.78 is 4.66. The van der Waals surface area contributed by atoms with E-state index in [0.29, 0.717) is 29.3 Å². The van der Waals surface area contributed by atoms with Crippen molar-refractivity contribution in [3.63, 3.8) is 0 Å². The Labute approximate surface area is 120 Å². The Morgan fingerprint density at radius 3 is 2.86 bits per heavy atom. The van der Waals surface area contributed by atoms with Crippen molar-refractivity contribution in [3.05, 3.63) is 41.2 Å². The van der Waals surface area contributed by atoms with E-state index < -0.39 is 0 Å². The van der Waals surface area contributed by atoms with Crippen molar-refractivity contribution in [2.24, 2.45) is 0 Å². The van der Waals surface area contributed by atoms with E-state index in [4.69, 9.17) is 0 Å². The Balaban J connectivity index is 1.75. The second-order valence-electron chi connectivity index (χ2n) is 4.69. The van der Waals surface area contributed by atoms with Crippen LogP contribution in [-0.4, -0.2) is 26.1 Å². The van der Waals surface area contributed by atoms with Crippen molar-refractivity contribution in [2.45, 2.75) is 20.4 Å². The molecule has 0 aliphatic carbocycles. The zero-order chi connectivity index (χ0) is 14.8. The van der Waals surface area contributed by atoms with Gasteiger partial charge in [-0.15, -0.1) is 0 Å². The number of Topliss-reactive ketones (excluding diaryl/α,β-unsaturated/α-hetero) is 1. The van der Waals surface area contributed by atoms with Gasteiger partial charge in [-0.05, 0) is 41.9 Å². The van der Waals surface area contributed by atoms with Gasteiger partial charge in [0.25, 0.3) is 0 Å². The highest BCUT2D eigenvalue weighted by Crippen LogP contribution is 2.13. The maximum atomic E-state index is 11.3. The summed E-state index contributed by atoms with van der Waals surface area (Å²) in [6.45, 7) is 3.83. The number of aryl methyl sites for hydroxylation is 1. The van der Waals surface area contributed by atoms with E-state index in [9.17, 15) is 4.79 Å². The number of hydrogen-bond donors (Lipinski definition) is 1. The summed E-state index contributed by atoms with van der Waals surface area (Å²) in [5, 5.41) is 10.7. The highest BCUT2D eigenvalue weighted by atomic mass is 16.6. The molecule has 0 saturated heterocycles. The fraction of sp³-hybridized carbons (Fsp3) is 0.214. The van der Waals surface area contributed by atoms with Gasteiger partial charge in [-0.1, -0.05) is 6.07 Å². The zero-order valence-corrected chi connectivity index (χ0v) is 11.6. The molecule has 0 fully saturated rings. The molecule has 7 nitrogen and oxygen atoms in total. The monoisotopic (exact) mass is 283 g/mol. The van der Waals surface area contributed by atoms with Gasteiger partial charge in [0.1, 0.15) is 11.0 Å². The van der Waals surface area contributed by atoms with Crippen LogP contribution in [0.3, 0.4) is 0 Å². The lowest BCUT2D eigenvalue weighted by Gasteiger charge is -2.07. The van der Waals surface area contributed by atoms with E-state index in [1.54, 1.807) is 6.92 Å². The standard InChI is InChI=1S/C14H13N5O2/c1-8-11(9(2)20)7-16-14(17-8)15-6-10-3-4-12-13(5-10)19-21-18-12/h3-5,7H,6H2,1-2H3,(H,15,16,17). The minimum Gasteiger partial charge on any atom is -0.350 e. The maximum Gasteiger partial charge on any atom is 0.223 e. The summed E-state index contributed by atoms with van der Waals surface area (Å²) in [6.07, 6.45) is 1.54. The van der Waals surface area contributed by atoms with E-state index >= 15 is 0 Å². The molecule has 3 rings (SSSR count). The summed E-state index contributed by atoms with van der Waals surface area (Å²) >= 11 is 0. The van der Waals surface area contributed by atoms with Crippen LogP contribution in [-0.2, 0) is 6.54 Å². The number of aromatic nitrogens is 4. The van der Waals surface area contributed by atoms with Crippen molar-refractivity contribution in [1.82, 2.24) is 20.3 Å². The average molecular weight is 283 g/mol. The highest BCUT2D eigenvalue weighted by Gasteiger charge is 2.07. The summed E-state index contributed by atoms with van der Waals surface area (Å²) in [5.74, 6) is 0.443. The molecule has 0 amide bonds. The summed E-state index contributed by atoms with van der Waals surface area (Å²) in [7, 11) is 0. The molecule has 0 bridgehead atoms. The Morgan fingerprint density at radius 2 is 2.10 bits per heavy atom. The van der Waals surface area contributed by atoms with Gasteiger partial charge in [0.2, 0.25) is 5.95 Å². The molecule has 7 heteroatoms. The van der Waals surface area contributed by atoms with Gasteiger partial charge in [-0.2, -0.15) is 0 Å². The first-order valence-electron chi connectivity index (χ1n) is 6.43. The molecule has 21 heavy (non-hydrogen) atoms. The Morgan fingerprint density at radius 1 is 1.29 bits per heavy atom. The lowest BCUT2D eigenvalue weighted by molar-refractivity contribution is 0.101. The zero-order valence-electron chi connectivity index (χ0n) is 11.6. The number of carbonyl (C=O) groups excluding carboxylic acids is 1. The van der Waals surface area contributed by atoms with Crippen LogP contribution in [0.25, 0.3) is 11.0 Å². The predicted molar refractivity (Wildman–Crippen MR) is 75.9 cm³/mol. The average Bonchev–Trinajstić information content (AvgIpc) is 2.92. The topological polar surface area (TPSA) is 93.8 Å². The smallest absolute Gasteiger partial charge is 0.223 e. The third-order valence-electron chi connectivity index (χ3n) is 3.13. The first-order valence-corrected chi connectivity index (χ1v) is 6.43. The number of anilines is 1. The number of hydrogen-bond acceptors (Lipinski definition) is 7. The number of fused-ring (bicyclic) bond motifs is 1. The fourth-order valence-corrected chi connectivity index (χ4v) is 2.02. The SMILES string of the molecule is CC(=O)c1cnc(NCc2ccc3nonc3c2)nc1C. The van der Waals surface area contributed by atoms with Crippen LogP contribution in [0, 0.1) is 6.92 Å². The minimum atomic E-state index is -0.0389. The second-order valence-corrected chi connectivity index (χ2v) is 4.69. The van der Waals surface area contributed by atoms with Crippen LogP contribution >= 0.6 is 0 Å². The molecule has 0 aliphatic rings. The Hall–Kier alpha value is -2.83. The predicted octanol–water partition coefficient (Wildman–Crippen LogP) is 2.14. The summed E-state index contributed by atoms with van der Waals surface area (Å²) in [5.41, 5.74) is 3.64. The van der Waals surface area contributed by atoms with E-state index in [2.05, 4.69) is 30.2 Å². The van der Waals surface area contributed by atoms with Crippen molar-refractivity contribution < 1.29 is 9.42 Å². The third kappa shape index (κ3) is 2.71. The molecular weight excluding hydrogens is 270 g/mol. The number of carbonyl (C=O) groups is 1. The molecule has 0 unspecified atom stereocenters. The van der Waals surface area contributed by atoms with E-state index in [1.807, 2.05) is 18.2 Å². The summed E-state index contributed by atoms with van der Waals surface area (Å²) in [4.78, 5) is 19.7. The normalized spacial score (nSPS) is 10.8. The second kappa shape index (κ2) is 5.28. The number of nitrogens with one attached hydrogen (secondary N) is 1. The molecule has 0 spiro atoms. The molecule has 1 N–H and O–H groups in total. The molecule has 3 aromatic rings. The molecule has 0 saturated carbocycles. The van der Waals surface area contributed by atoms with Crippen molar-refractivity contribution >= 4 is 22.8 Å². The molecule has 106 valence electrons. The third-order valence-corrected chi connectivity index (χ3v) is 3.13. The van der Waals surface area contributed by atoms with Gasteiger partial charge >= 0.3 is 0 Å². The summed E-state index contributed by atoms with van der Waals surface area (Å²) in [6, 6.07) is 5.65. The number of benzene rings is 1. The lowest BCUT2D eigenvalue weighted by atomic mass is 10.2. The van der Waals surface area contributed by atoms with Crippen LogP contribution in [0.4, 0.5) is 5.95 Å². The highest BCUT2D eigenvalue weighted by molar-refractivity contribution is 5.94. The largest absolute Gasteiger partial charge is 0.350 e. The van der Waals surface area contributed by atoms with Gasteiger partial charge in [0.15, 0.2) is 5.78 Å². The minimum absolute atomic E-state index is 0.0389. The molecule has 1 aromatic carbocycles.